The van der Waals surface area contributed by atoms with Gasteiger partial charge in [0.15, 0.2) is 0 Å². The maximum atomic E-state index is 10.9. The summed E-state index contributed by atoms with van der Waals surface area (Å²) in [5, 5.41) is 12.6. The van der Waals surface area contributed by atoms with Crippen LogP contribution in [0.2, 0.25) is 0 Å². The lowest BCUT2D eigenvalue weighted by molar-refractivity contribution is -0.134. The van der Waals surface area contributed by atoms with Crippen molar-refractivity contribution >= 4 is 12.0 Å². The highest BCUT2D eigenvalue weighted by atomic mass is 16.4. The standard InChI is InChI=1S/C6H9N3O3/c10-5-4-3(7-5)1-2-9(4)8-6(11)12/h3-4,8H,1-2H2,(H,7,10)(H,11,12). The summed E-state index contributed by atoms with van der Waals surface area (Å²) in [5.41, 5.74) is 2.19. The molecule has 2 heterocycles. The minimum atomic E-state index is -1.12. The van der Waals surface area contributed by atoms with Crippen LogP contribution in [-0.4, -0.2) is 40.7 Å². The van der Waals surface area contributed by atoms with E-state index in [1.54, 1.807) is 0 Å². The van der Waals surface area contributed by atoms with Crippen LogP contribution in [0.5, 0.6) is 0 Å². The Morgan fingerprint density at radius 1 is 1.75 bits per heavy atom. The van der Waals surface area contributed by atoms with Crippen molar-refractivity contribution in [3.8, 4) is 0 Å². The summed E-state index contributed by atoms with van der Waals surface area (Å²) >= 11 is 0. The van der Waals surface area contributed by atoms with Gasteiger partial charge in [0.1, 0.15) is 6.04 Å². The topological polar surface area (TPSA) is 81.7 Å². The number of carboxylic acid groups (broad SMARTS) is 1. The molecule has 2 aliphatic rings. The van der Waals surface area contributed by atoms with Crippen LogP contribution >= 0.6 is 0 Å². The number of rotatable bonds is 1. The molecule has 2 saturated heterocycles. The van der Waals surface area contributed by atoms with Crippen molar-refractivity contribution in [1.82, 2.24) is 15.8 Å². The summed E-state index contributed by atoms with van der Waals surface area (Å²) in [6.45, 7) is 0.598. The van der Waals surface area contributed by atoms with Crippen LogP contribution in [0.25, 0.3) is 0 Å². The van der Waals surface area contributed by atoms with Gasteiger partial charge in [-0.3, -0.25) is 10.2 Å². The molecule has 2 fully saturated rings. The Kier molecular flexibility index (Phi) is 1.44. The van der Waals surface area contributed by atoms with E-state index in [1.165, 1.54) is 5.01 Å². The fourth-order valence-electron chi connectivity index (χ4n) is 1.69. The average molecular weight is 171 g/mol. The van der Waals surface area contributed by atoms with E-state index in [1.807, 2.05) is 0 Å². The van der Waals surface area contributed by atoms with Crippen molar-refractivity contribution in [2.75, 3.05) is 6.54 Å². The number of hydrogen-bond acceptors (Lipinski definition) is 3. The first-order valence-corrected chi connectivity index (χ1v) is 3.75. The van der Waals surface area contributed by atoms with Gasteiger partial charge in [0.2, 0.25) is 5.91 Å². The van der Waals surface area contributed by atoms with E-state index in [9.17, 15) is 9.59 Å². The molecule has 2 unspecified atom stereocenters. The van der Waals surface area contributed by atoms with Gasteiger partial charge < -0.3 is 10.4 Å². The molecular formula is C6H9N3O3. The van der Waals surface area contributed by atoms with E-state index in [-0.39, 0.29) is 18.0 Å². The van der Waals surface area contributed by atoms with E-state index in [4.69, 9.17) is 5.11 Å². The second-order valence-electron chi connectivity index (χ2n) is 2.96. The van der Waals surface area contributed by atoms with E-state index in [0.29, 0.717) is 6.54 Å². The zero-order valence-corrected chi connectivity index (χ0v) is 6.28. The number of nitrogens with zero attached hydrogens (tertiary/aromatic N) is 1. The Hall–Kier alpha value is -1.30. The Labute approximate surface area is 68.5 Å². The van der Waals surface area contributed by atoms with E-state index < -0.39 is 6.09 Å². The molecule has 2 amide bonds. The maximum Gasteiger partial charge on any atom is 0.419 e. The Morgan fingerprint density at radius 3 is 3.08 bits per heavy atom. The van der Waals surface area contributed by atoms with Crippen LogP contribution in [0.4, 0.5) is 4.79 Å². The molecule has 2 rings (SSSR count). The van der Waals surface area contributed by atoms with Gasteiger partial charge in [-0.15, -0.1) is 0 Å². The second-order valence-corrected chi connectivity index (χ2v) is 2.96. The number of carbonyl (C=O) groups excluding carboxylic acids is 1. The molecule has 6 nitrogen and oxygen atoms in total. The molecule has 0 aromatic carbocycles. The van der Waals surface area contributed by atoms with Gasteiger partial charge in [-0.1, -0.05) is 0 Å². The normalized spacial score (nSPS) is 33.5. The van der Waals surface area contributed by atoms with Crippen molar-refractivity contribution in [1.29, 1.82) is 0 Å². The molecule has 0 bridgehead atoms. The number of β-lactam (4-membered cyclic amide) rings is 1. The molecular weight excluding hydrogens is 162 g/mol. The van der Waals surface area contributed by atoms with Crippen molar-refractivity contribution in [2.24, 2.45) is 0 Å². The van der Waals surface area contributed by atoms with Crippen LogP contribution in [0.1, 0.15) is 6.42 Å². The third-order valence-corrected chi connectivity index (χ3v) is 2.23. The number of amides is 2. The lowest BCUT2D eigenvalue weighted by Gasteiger charge is -2.34. The molecule has 12 heavy (non-hydrogen) atoms. The lowest BCUT2D eigenvalue weighted by Crippen LogP contribution is -2.66. The van der Waals surface area contributed by atoms with Gasteiger partial charge in [-0.2, -0.15) is 0 Å². The molecule has 0 radical (unpaired) electrons. The fraction of sp³-hybridized carbons (Fsp3) is 0.667. The largest absolute Gasteiger partial charge is 0.464 e. The van der Waals surface area contributed by atoms with E-state index in [2.05, 4.69) is 10.7 Å². The van der Waals surface area contributed by atoms with Crippen LogP contribution < -0.4 is 10.7 Å². The van der Waals surface area contributed by atoms with Gasteiger partial charge in [0.05, 0.1) is 6.04 Å². The molecule has 0 aromatic heterocycles. The maximum absolute atomic E-state index is 10.9. The van der Waals surface area contributed by atoms with Gasteiger partial charge in [-0.25, -0.2) is 9.80 Å². The molecule has 0 aliphatic carbocycles. The molecule has 6 heteroatoms. The Bertz CT molecular complexity index is 242. The molecule has 0 saturated carbocycles. The highest BCUT2D eigenvalue weighted by molar-refractivity contribution is 5.90. The monoisotopic (exact) mass is 171 g/mol. The number of hydrazine groups is 1. The fourth-order valence-corrected chi connectivity index (χ4v) is 1.69. The molecule has 2 aliphatic heterocycles. The zero-order chi connectivity index (χ0) is 8.72. The summed E-state index contributed by atoms with van der Waals surface area (Å²) in [4.78, 5) is 21.2. The third kappa shape index (κ3) is 0.918. The van der Waals surface area contributed by atoms with Crippen LogP contribution in [0.3, 0.4) is 0 Å². The smallest absolute Gasteiger partial charge is 0.419 e. The highest BCUT2D eigenvalue weighted by Crippen LogP contribution is 2.22. The van der Waals surface area contributed by atoms with Crippen molar-refractivity contribution < 1.29 is 14.7 Å². The third-order valence-electron chi connectivity index (χ3n) is 2.23. The van der Waals surface area contributed by atoms with Crippen LogP contribution in [-0.2, 0) is 4.79 Å². The average Bonchev–Trinajstić information content (AvgIpc) is 2.24. The predicted octanol–water partition coefficient (Wildman–Crippen LogP) is -1.26. The van der Waals surface area contributed by atoms with E-state index >= 15 is 0 Å². The van der Waals surface area contributed by atoms with Crippen LogP contribution in [0, 0.1) is 0 Å². The molecule has 0 spiro atoms. The van der Waals surface area contributed by atoms with Crippen molar-refractivity contribution in [3.05, 3.63) is 0 Å². The quantitative estimate of drug-likeness (QED) is 0.430. The van der Waals surface area contributed by atoms with Gasteiger partial charge in [0.25, 0.3) is 0 Å². The Morgan fingerprint density at radius 2 is 2.50 bits per heavy atom. The summed E-state index contributed by atoms with van der Waals surface area (Å²) in [6, 6.07) is -0.134. The van der Waals surface area contributed by atoms with Crippen molar-refractivity contribution in [3.63, 3.8) is 0 Å². The molecule has 66 valence electrons. The molecule has 0 aromatic rings. The summed E-state index contributed by atoms with van der Waals surface area (Å²) < 4.78 is 0. The molecule has 3 N–H and O–H groups in total. The minimum Gasteiger partial charge on any atom is -0.464 e. The van der Waals surface area contributed by atoms with Gasteiger partial charge in [-0.05, 0) is 6.42 Å². The van der Waals surface area contributed by atoms with Crippen LogP contribution in [0.15, 0.2) is 0 Å². The van der Waals surface area contributed by atoms with Crippen molar-refractivity contribution in [2.45, 2.75) is 18.5 Å². The lowest BCUT2D eigenvalue weighted by atomic mass is 10.0. The number of hydrogen-bond donors (Lipinski definition) is 3. The predicted molar refractivity (Wildman–Crippen MR) is 38.2 cm³/mol. The number of nitrogens with one attached hydrogen (secondary N) is 2. The zero-order valence-electron chi connectivity index (χ0n) is 6.28. The first-order valence-electron chi connectivity index (χ1n) is 3.75. The summed E-state index contributed by atoms with van der Waals surface area (Å²) in [6.07, 6.45) is -0.299. The molecule has 2 atom stereocenters. The first kappa shape index (κ1) is 7.35. The number of fused-ring (bicyclic) bond motifs is 1. The SMILES string of the molecule is O=C(O)NN1CCC2NC(=O)C21. The summed E-state index contributed by atoms with van der Waals surface area (Å²) in [7, 11) is 0. The second kappa shape index (κ2) is 2.34. The minimum absolute atomic E-state index is 0.0914. The Balaban J connectivity index is 1.99. The van der Waals surface area contributed by atoms with Gasteiger partial charge >= 0.3 is 6.09 Å². The number of carbonyl (C=O) groups is 2. The highest BCUT2D eigenvalue weighted by Gasteiger charge is 2.48. The van der Waals surface area contributed by atoms with Gasteiger partial charge in [0, 0.05) is 6.54 Å². The summed E-state index contributed by atoms with van der Waals surface area (Å²) in [5.74, 6) is -0.0914. The first-order chi connectivity index (χ1) is 5.68. The van der Waals surface area contributed by atoms with E-state index in [0.717, 1.165) is 6.42 Å².